The van der Waals surface area contributed by atoms with Gasteiger partial charge in [-0.15, -0.1) is 0 Å². The number of nitrogens with zero attached hydrogens (tertiary/aromatic N) is 5. The third-order valence-corrected chi connectivity index (χ3v) is 4.48. The molecule has 164 valence electrons. The van der Waals surface area contributed by atoms with Gasteiger partial charge in [-0.05, 0) is 27.2 Å². The molecular weight excluding hydrogens is 372 g/mol. The lowest BCUT2D eigenvalue weighted by Crippen LogP contribution is -2.50. The van der Waals surface area contributed by atoms with E-state index in [1.165, 1.54) is 0 Å². The van der Waals surface area contributed by atoms with Gasteiger partial charge in [-0.1, -0.05) is 6.92 Å². The second-order valence-corrected chi connectivity index (χ2v) is 8.19. The van der Waals surface area contributed by atoms with Gasteiger partial charge >= 0.3 is 6.09 Å². The predicted octanol–water partition coefficient (Wildman–Crippen LogP) is 2.02. The third kappa shape index (κ3) is 7.23. The molecule has 1 aliphatic rings. The van der Waals surface area contributed by atoms with Crippen LogP contribution in [0.4, 0.5) is 4.79 Å². The van der Waals surface area contributed by atoms with Crippen LogP contribution in [0.15, 0.2) is 17.4 Å². The van der Waals surface area contributed by atoms with Crippen LogP contribution in [0.25, 0.3) is 0 Å². The smallest absolute Gasteiger partial charge is 0.410 e. The Bertz CT molecular complexity index is 682. The summed E-state index contributed by atoms with van der Waals surface area (Å²) in [5.74, 6) is 0.808. The Hall–Kier alpha value is -2.29. The number of ether oxygens (including phenoxy) is 2. The average molecular weight is 409 g/mol. The van der Waals surface area contributed by atoms with Crippen molar-refractivity contribution < 1.29 is 14.3 Å². The molecule has 0 aliphatic carbocycles. The molecule has 0 bridgehead atoms. The van der Waals surface area contributed by atoms with Crippen LogP contribution in [0.1, 0.15) is 45.8 Å². The zero-order valence-electron chi connectivity index (χ0n) is 18.6. The van der Waals surface area contributed by atoms with Gasteiger partial charge in [0.25, 0.3) is 0 Å². The molecule has 1 unspecified atom stereocenters. The Kier molecular flexibility index (Phi) is 8.31. The summed E-state index contributed by atoms with van der Waals surface area (Å²) in [5, 5.41) is 7.61. The monoisotopic (exact) mass is 408 g/mol. The Morgan fingerprint density at radius 3 is 2.79 bits per heavy atom. The van der Waals surface area contributed by atoms with Crippen LogP contribution < -0.4 is 5.32 Å². The topological polar surface area (TPSA) is 84.2 Å². The largest absolute Gasteiger partial charge is 0.444 e. The van der Waals surface area contributed by atoms with Crippen LogP contribution in [-0.2, 0) is 16.5 Å². The highest BCUT2D eigenvalue weighted by Gasteiger charge is 2.26. The van der Waals surface area contributed by atoms with E-state index in [2.05, 4.69) is 27.2 Å². The van der Waals surface area contributed by atoms with Crippen LogP contribution >= 0.6 is 0 Å². The Morgan fingerprint density at radius 2 is 2.21 bits per heavy atom. The van der Waals surface area contributed by atoms with E-state index in [1.54, 1.807) is 16.6 Å². The third-order valence-electron chi connectivity index (χ3n) is 4.48. The highest BCUT2D eigenvalue weighted by Crippen LogP contribution is 2.21. The van der Waals surface area contributed by atoms with Crippen LogP contribution in [-0.4, -0.2) is 83.6 Å². The molecule has 1 aromatic heterocycles. The number of guanidine groups is 1. The van der Waals surface area contributed by atoms with E-state index >= 15 is 0 Å². The van der Waals surface area contributed by atoms with E-state index in [-0.39, 0.29) is 12.2 Å². The maximum atomic E-state index is 12.4. The summed E-state index contributed by atoms with van der Waals surface area (Å²) in [4.78, 5) is 20.7. The molecule has 1 aromatic rings. The molecule has 2 rings (SSSR count). The van der Waals surface area contributed by atoms with Gasteiger partial charge in [-0.3, -0.25) is 9.67 Å². The molecule has 0 radical (unpaired) electrons. The molecule has 2 heterocycles. The number of aryl methyl sites for hydroxylation is 1. The van der Waals surface area contributed by atoms with Crippen LogP contribution in [0, 0.1) is 0 Å². The number of carbonyl (C=O) groups excluding carboxylic acids is 1. The van der Waals surface area contributed by atoms with Crippen molar-refractivity contribution in [1.29, 1.82) is 0 Å². The van der Waals surface area contributed by atoms with Crippen molar-refractivity contribution in [3.8, 4) is 0 Å². The van der Waals surface area contributed by atoms with Crippen molar-refractivity contribution in [3.63, 3.8) is 0 Å². The fourth-order valence-electron chi connectivity index (χ4n) is 3.18. The summed E-state index contributed by atoms with van der Waals surface area (Å²) in [6.07, 6.45) is 4.39. The van der Waals surface area contributed by atoms with E-state index in [0.29, 0.717) is 32.8 Å². The highest BCUT2D eigenvalue weighted by molar-refractivity contribution is 5.80. The summed E-state index contributed by atoms with van der Waals surface area (Å²) in [7, 11) is 3.67. The summed E-state index contributed by atoms with van der Waals surface area (Å²) in [6, 6.07) is 0. The highest BCUT2D eigenvalue weighted by atomic mass is 16.6. The lowest BCUT2D eigenvalue weighted by atomic mass is 10.1. The van der Waals surface area contributed by atoms with E-state index < -0.39 is 5.60 Å². The number of rotatable bonds is 6. The normalized spacial score (nSPS) is 17.9. The maximum Gasteiger partial charge on any atom is 0.410 e. The second-order valence-electron chi connectivity index (χ2n) is 8.19. The van der Waals surface area contributed by atoms with Gasteiger partial charge in [-0.25, -0.2) is 4.79 Å². The Balaban J connectivity index is 1.89. The number of hydrogen-bond donors (Lipinski definition) is 1. The first kappa shape index (κ1) is 23.0. The summed E-state index contributed by atoms with van der Waals surface area (Å²) >= 11 is 0. The first-order chi connectivity index (χ1) is 13.7. The molecule has 9 heteroatoms. The zero-order valence-corrected chi connectivity index (χ0v) is 18.6. The predicted molar refractivity (Wildman–Crippen MR) is 113 cm³/mol. The summed E-state index contributed by atoms with van der Waals surface area (Å²) in [5.41, 5.74) is 0.563. The molecule has 1 saturated heterocycles. The van der Waals surface area contributed by atoms with Crippen LogP contribution in [0.3, 0.4) is 0 Å². The molecule has 0 aromatic carbocycles. The number of morpholine rings is 1. The lowest BCUT2D eigenvalue weighted by Gasteiger charge is -2.35. The zero-order chi connectivity index (χ0) is 21.4. The minimum Gasteiger partial charge on any atom is -0.444 e. The number of hydrogen-bond acceptors (Lipinski definition) is 5. The standard InChI is InChI=1S/C20H36N6O3/c1-7-9-25(19(27)29-20(2,3)4)10-8-22-18(21-5)26-11-12-28-17(15-26)16-13-23-24(6)14-16/h13-14,17H,7-12,15H2,1-6H3,(H,21,22). The van der Waals surface area contributed by atoms with Gasteiger partial charge in [0.1, 0.15) is 11.7 Å². The second kappa shape index (κ2) is 10.5. The summed E-state index contributed by atoms with van der Waals surface area (Å²) in [6.45, 7) is 11.6. The van der Waals surface area contributed by atoms with Gasteiger partial charge in [0.2, 0.25) is 0 Å². The molecule has 1 fully saturated rings. The van der Waals surface area contributed by atoms with E-state index in [9.17, 15) is 4.79 Å². The van der Waals surface area contributed by atoms with E-state index in [0.717, 1.165) is 24.5 Å². The van der Waals surface area contributed by atoms with E-state index in [1.807, 2.05) is 40.2 Å². The quantitative estimate of drug-likeness (QED) is 0.573. The first-order valence-corrected chi connectivity index (χ1v) is 10.3. The lowest BCUT2D eigenvalue weighted by molar-refractivity contribution is -0.00807. The molecule has 0 spiro atoms. The molecular formula is C20H36N6O3. The van der Waals surface area contributed by atoms with Crippen molar-refractivity contribution in [2.24, 2.45) is 12.0 Å². The van der Waals surface area contributed by atoms with Gasteiger partial charge in [0.15, 0.2) is 5.96 Å². The molecule has 9 nitrogen and oxygen atoms in total. The maximum absolute atomic E-state index is 12.4. The number of aliphatic imine (C=N–C) groups is 1. The van der Waals surface area contributed by atoms with Crippen LogP contribution in [0.2, 0.25) is 0 Å². The van der Waals surface area contributed by atoms with Gasteiger partial charge in [0.05, 0.1) is 19.3 Å². The average Bonchev–Trinajstić information content (AvgIpc) is 3.09. The van der Waals surface area contributed by atoms with Crippen LogP contribution in [0.5, 0.6) is 0 Å². The molecule has 29 heavy (non-hydrogen) atoms. The van der Waals surface area contributed by atoms with Crippen molar-refractivity contribution in [2.75, 3.05) is 46.4 Å². The minimum absolute atomic E-state index is 0.0330. The molecule has 1 aliphatic heterocycles. The van der Waals surface area contributed by atoms with Gasteiger partial charge < -0.3 is 24.6 Å². The van der Waals surface area contributed by atoms with Crippen molar-refractivity contribution in [3.05, 3.63) is 18.0 Å². The van der Waals surface area contributed by atoms with Crippen molar-refractivity contribution in [2.45, 2.75) is 45.8 Å². The number of aromatic nitrogens is 2. The van der Waals surface area contributed by atoms with E-state index in [4.69, 9.17) is 9.47 Å². The number of carbonyl (C=O) groups is 1. The molecule has 0 saturated carbocycles. The Labute approximate surface area is 174 Å². The van der Waals surface area contributed by atoms with Gasteiger partial charge in [-0.2, -0.15) is 5.10 Å². The van der Waals surface area contributed by atoms with Gasteiger partial charge in [0, 0.05) is 52.0 Å². The Morgan fingerprint density at radius 1 is 1.45 bits per heavy atom. The van der Waals surface area contributed by atoms with Crippen molar-refractivity contribution in [1.82, 2.24) is 24.9 Å². The van der Waals surface area contributed by atoms with Crippen molar-refractivity contribution >= 4 is 12.1 Å². The number of amides is 1. The number of nitrogens with one attached hydrogen (secondary N) is 1. The fraction of sp³-hybridized carbons (Fsp3) is 0.750. The minimum atomic E-state index is -0.498. The first-order valence-electron chi connectivity index (χ1n) is 10.3. The summed E-state index contributed by atoms with van der Waals surface area (Å²) < 4.78 is 13.2. The molecule has 1 amide bonds. The fourth-order valence-corrected chi connectivity index (χ4v) is 3.18. The SMILES string of the molecule is CCCN(CCNC(=NC)N1CCOC(c2cnn(C)c2)C1)C(=O)OC(C)(C)C. The molecule has 1 N–H and O–H groups in total. The molecule has 1 atom stereocenters.